The molecule has 0 amide bonds. The van der Waals surface area contributed by atoms with Crippen LogP contribution in [0.5, 0.6) is 11.5 Å². The quantitative estimate of drug-likeness (QED) is 0.355. The summed E-state index contributed by atoms with van der Waals surface area (Å²) in [6.07, 6.45) is 1.18. The van der Waals surface area contributed by atoms with Crippen molar-refractivity contribution in [3.8, 4) is 11.5 Å². The van der Waals surface area contributed by atoms with Gasteiger partial charge in [0.2, 0.25) is 11.6 Å². The third-order valence-corrected chi connectivity index (χ3v) is 3.24. The highest BCUT2D eigenvalue weighted by Crippen LogP contribution is 2.31. The molecule has 0 saturated heterocycles. The van der Waals surface area contributed by atoms with Crippen LogP contribution in [-0.4, -0.2) is 14.9 Å². The number of nitro groups is 1. The van der Waals surface area contributed by atoms with Crippen LogP contribution in [-0.2, 0) is 0 Å². The van der Waals surface area contributed by atoms with Crippen molar-refractivity contribution in [2.45, 2.75) is 0 Å². The third-order valence-electron chi connectivity index (χ3n) is 3.24. The summed E-state index contributed by atoms with van der Waals surface area (Å²) in [5, 5.41) is 14.1. The number of rotatable bonds is 6. The van der Waals surface area contributed by atoms with E-state index in [0.717, 1.165) is 0 Å². The van der Waals surface area contributed by atoms with Gasteiger partial charge in [-0.05, 0) is 36.4 Å². The lowest BCUT2D eigenvalue weighted by Crippen LogP contribution is -2.12. The van der Waals surface area contributed by atoms with Crippen molar-refractivity contribution in [2.75, 3.05) is 10.7 Å². The Morgan fingerprint density at radius 1 is 0.960 bits per heavy atom. The first kappa shape index (κ1) is 16.1. The van der Waals surface area contributed by atoms with E-state index in [4.69, 9.17) is 10.6 Å². The molecule has 4 N–H and O–H groups in total. The summed E-state index contributed by atoms with van der Waals surface area (Å²) in [6, 6.07) is 16.3. The number of benzene rings is 2. The first-order valence-electron chi connectivity index (χ1n) is 7.23. The number of hydrogen-bond donors (Lipinski definition) is 3. The standard InChI is InChI=1S/C16H14N6O3/c17-21-16-14(22(23)24)15(18-10-19-16)20-11-6-8-13(9-7-11)25-12-4-2-1-3-5-12/h1-10H,17H2,(H2,18,19,20,21). The molecule has 3 rings (SSSR count). The lowest BCUT2D eigenvalue weighted by molar-refractivity contribution is -0.383. The van der Waals surface area contributed by atoms with Gasteiger partial charge in [0, 0.05) is 5.69 Å². The Hall–Kier alpha value is -3.72. The van der Waals surface area contributed by atoms with E-state index in [2.05, 4.69) is 20.7 Å². The van der Waals surface area contributed by atoms with Crippen molar-refractivity contribution in [2.24, 2.45) is 5.84 Å². The van der Waals surface area contributed by atoms with Crippen LogP contribution in [0.25, 0.3) is 0 Å². The van der Waals surface area contributed by atoms with Crippen molar-refractivity contribution >= 4 is 23.0 Å². The number of nitrogen functional groups attached to an aromatic ring is 1. The number of nitrogens with zero attached hydrogens (tertiary/aromatic N) is 3. The number of nitrogens with two attached hydrogens (primary N) is 1. The van der Waals surface area contributed by atoms with Crippen molar-refractivity contribution in [1.82, 2.24) is 9.97 Å². The molecule has 0 aliphatic rings. The Bertz CT molecular complexity index is 871. The molecule has 126 valence electrons. The maximum atomic E-state index is 11.2. The zero-order valence-electron chi connectivity index (χ0n) is 12.9. The Kier molecular flexibility index (Phi) is 4.67. The lowest BCUT2D eigenvalue weighted by Gasteiger charge is -2.09. The molecule has 0 atom stereocenters. The monoisotopic (exact) mass is 338 g/mol. The number of ether oxygens (including phenoxy) is 1. The van der Waals surface area contributed by atoms with Crippen LogP contribution in [0.2, 0.25) is 0 Å². The van der Waals surface area contributed by atoms with Gasteiger partial charge in [0.05, 0.1) is 4.92 Å². The van der Waals surface area contributed by atoms with Gasteiger partial charge in [0.1, 0.15) is 17.8 Å². The van der Waals surface area contributed by atoms with Gasteiger partial charge in [-0.25, -0.2) is 15.8 Å². The van der Waals surface area contributed by atoms with Crippen LogP contribution in [0.4, 0.5) is 23.0 Å². The highest BCUT2D eigenvalue weighted by molar-refractivity contribution is 5.73. The summed E-state index contributed by atoms with van der Waals surface area (Å²) >= 11 is 0. The molecule has 9 nitrogen and oxygen atoms in total. The summed E-state index contributed by atoms with van der Waals surface area (Å²) in [7, 11) is 0. The predicted molar refractivity (Wildman–Crippen MR) is 92.7 cm³/mol. The molecule has 2 aromatic carbocycles. The topological polar surface area (TPSA) is 128 Å². The van der Waals surface area contributed by atoms with Crippen LogP contribution < -0.4 is 21.3 Å². The molecule has 0 saturated carbocycles. The second kappa shape index (κ2) is 7.23. The fourth-order valence-corrected chi connectivity index (χ4v) is 2.12. The van der Waals surface area contributed by atoms with Crippen LogP contribution in [0, 0.1) is 10.1 Å². The van der Waals surface area contributed by atoms with Crippen molar-refractivity contribution in [1.29, 1.82) is 0 Å². The lowest BCUT2D eigenvalue weighted by atomic mass is 10.3. The number of hydrogen-bond acceptors (Lipinski definition) is 8. The minimum Gasteiger partial charge on any atom is -0.457 e. The fraction of sp³-hybridized carbons (Fsp3) is 0. The van der Waals surface area contributed by atoms with Crippen LogP contribution >= 0.6 is 0 Å². The van der Waals surface area contributed by atoms with Gasteiger partial charge in [0.15, 0.2) is 0 Å². The van der Waals surface area contributed by atoms with E-state index in [1.807, 2.05) is 30.3 Å². The normalized spacial score (nSPS) is 10.1. The largest absolute Gasteiger partial charge is 0.457 e. The summed E-state index contributed by atoms with van der Waals surface area (Å²) in [5.41, 5.74) is 2.45. The van der Waals surface area contributed by atoms with E-state index in [9.17, 15) is 10.1 Å². The Balaban J connectivity index is 1.79. The highest BCUT2D eigenvalue weighted by Gasteiger charge is 2.22. The predicted octanol–water partition coefficient (Wildman–Crippen LogP) is 3.21. The molecule has 0 fully saturated rings. The molecule has 3 aromatic rings. The Morgan fingerprint density at radius 3 is 2.24 bits per heavy atom. The molecule has 0 unspecified atom stereocenters. The third kappa shape index (κ3) is 3.79. The van der Waals surface area contributed by atoms with Crippen LogP contribution in [0.15, 0.2) is 60.9 Å². The summed E-state index contributed by atoms with van der Waals surface area (Å²) in [5.74, 6) is 6.56. The molecule has 0 radical (unpaired) electrons. The van der Waals surface area contributed by atoms with E-state index in [1.54, 1.807) is 24.3 Å². The van der Waals surface area contributed by atoms with Gasteiger partial charge in [-0.2, -0.15) is 0 Å². The molecule has 0 aliphatic carbocycles. The number of anilines is 3. The molecule has 0 bridgehead atoms. The van der Waals surface area contributed by atoms with Gasteiger partial charge in [0.25, 0.3) is 0 Å². The Morgan fingerprint density at radius 2 is 1.60 bits per heavy atom. The molecule has 0 spiro atoms. The molecular weight excluding hydrogens is 324 g/mol. The average Bonchev–Trinajstić information content (AvgIpc) is 2.63. The second-order valence-electron chi connectivity index (χ2n) is 4.89. The summed E-state index contributed by atoms with van der Waals surface area (Å²) in [6.45, 7) is 0. The number of para-hydroxylation sites is 1. The fourth-order valence-electron chi connectivity index (χ4n) is 2.12. The number of nitrogens with one attached hydrogen (secondary N) is 2. The maximum absolute atomic E-state index is 11.2. The molecular formula is C16H14N6O3. The average molecular weight is 338 g/mol. The van der Waals surface area contributed by atoms with E-state index in [-0.39, 0.29) is 17.3 Å². The van der Waals surface area contributed by atoms with E-state index < -0.39 is 4.92 Å². The van der Waals surface area contributed by atoms with Crippen LogP contribution in [0.1, 0.15) is 0 Å². The number of aromatic nitrogens is 2. The minimum atomic E-state index is -0.607. The molecule has 0 aliphatic heterocycles. The molecule has 1 heterocycles. The zero-order chi connectivity index (χ0) is 17.6. The molecule has 9 heteroatoms. The SMILES string of the molecule is NNc1ncnc(Nc2ccc(Oc3ccccc3)cc2)c1[N+](=O)[O-]. The maximum Gasteiger partial charge on any atom is 0.354 e. The van der Waals surface area contributed by atoms with E-state index in [0.29, 0.717) is 17.2 Å². The summed E-state index contributed by atoms with van der Waals surface area (Å²) in [4.78, 5) is 18.2. The van der Waals surface area contributed by atoms with E-state index in [1.165, 1.54) is 6.33 Å². The van der Waals surface area contributed by atoms with Gasteiger partial charge >= 0.3 is 5.69 Å². The smallest absolute Gasteiger partial charge is 0.354 e. The minimum absolute atomic E-state index is 0.0321. The van der Waals surface area contributed by atoms with Crippen LogP contribution in [0.3, 0.4) is 0 Å². The molecule has 1 aromatic heterocycles. The van der Waals surface area contributed by atoms with Gasteiger partial charge in [-0.3, -0.25) is 10.1 Å². The van der Waals surface area contributed by atoms with Gasteiger partial charge < -0.3 is 15.5 Å². The first-order chi connectivity index (χ1) is 12.2. The summed E-state index contributed by atoms with van der Waals surface area (Å²) < 4.78 is 5.69. The zero-order valence-corrected chi connectivity index (χ0v) is 12.9. The van der Waals surface area contributed by atoms with Gasteiger partial charge in [-0.15, -0.1) is 0 Å². The van der Waals surface area contributed by atoms with Crippen molar-refractivity contribution < 1.29 is 9.66 Å². The van der Waals surface area contributed by atoms with Crippen molar-refractivity contribution in [3.05, 3.63) is 71.0 Å². The van der Waals surface area contributed by atoms with Crippen molar-refractivity contribution in [3.63, 3.8) is 0 Å². The number of hydrazine groups is 1. The Labute approximate surface area is 142 Å². The molecule has 25 heavy (non-hydrogen) atoms. The van der Waals surface area contributed by atoms with E-state index >= 15 is 0 Å². The second-order valence-corrected chi connectivity index (χ2v) is 4.89. The first-order valence-corrected chi connectivity index (χ1v) is 7.23. The van der Waals surface area contributed by atoms with Gasteiger partial charge in [-0.1, -0.05) is 18.2 Å². The highest BCUT2D eigenvalue weighted by atomic mass is 16.6.